The largest absolute Gasteiger partial charge is 0.495 e. The Hall–Kier alpha value is -2.62. The molecule has 4 nitrogen and oxygen atoms in total. The van der Waals surface area contributed by atoms with E-state index in [0.717, 1.165) is 0 Å². The number of Topliss-reactive ketones (excluding diaryl/α,β-unsaturated/α-hetero) is 1. The molecule has 0 fully saturated rings. The quantitative estimate of drug-likeness (QED) is 0.674. The van der Waals surface area contributed by atoms with Gasteiger partial charge >= 0.3 is 0 Å². The molecule has 0 spiro atoms. The number of amides is 1. The van der Waals surface area contributed by atoms with E-state index in [2.05, 4.69) is 5.32 Å². The number of benzene rings is 2. The van der Waals surface area contributed by atoms with Crippen LogP contribution in [0.15, 0.2) is 54.6 Å². The Bertz CT molecular complexity index is 593. The zero-order valence-corrected chi connectivity index (χ0v) is 10.4. The van der Waals surface area contributed by atoms with E-state index >= 15 is 0 Å². The first-order valence-corrected chi connectivity index (χ1v) is 5.76. The minimum Gasteiger partial charge on any atom is -0.495 e. The number of ketones is 1. The summed E-state index contributed by atoms with van der Waals surface area (Å²) in [5, 5.41) is 2.55. The van der Waals surface area contributed by atoms with Crippen LogP contribution in [0.3, 0.4) is 0 Å². The molecule has 1 N–H and O–H groups in total. The van der Waals surface area contributed by atoms with Crippen LogP contribution in [0.25, 0.3) is 0 Å². The Morgan fingerprint density at radius 1 is 0.947 bits per heavy atom. The van der Waals surface area contributed by atoms with Gasteiger partial charge < -0.3 is 10.1 Å². The predicted molar refractivity (Wildman–Crippen MR) is 72.4 cm³/mol. The highest BCUT2D eigenvalue weighted by atomic mass is 16.5. The van der Waals surface area contributed by atoms with Crippen LogP contribution in [0.2, 0.25) is 0 Å². The van der Waals surface area contributed by atoms with E-state index in [1.807, 2.05) is 0 Å². The highest BCUT2D eigenvalue weighted by Gasteiger charge is 2.17. The maximum absolute atomic E-state index is 11.9. The van der Waals surface area contributed by atoms with Crippen LogP contribution in [0, 0.1) is 0 Å². The van der Waals surface area contributed by atoms with E-state index in [0.29, 0.717) is 17.0 Å². The van der Waals surface area contributed by atoms with Crippen LogP contribution in [-0.4, -0.2) is 18.8 Å². The molecule has 4 heteroatoms. The Labute approximate surface area is 111 Å². The van der Waals surface area contributed by atoms with E-state index < -0.39 is 11.7 Å². The fraction of sp³-hybridized carbons (Fsp3) is 0.0667. The molecule has 96 valence electrons. The van der Waals surface area contributed by atoms with E-state index in [-0.39, 0.29) is 0 Å². The van der Waals surface area contributed by atoms with Gasteiger partial charge in [-0.05, 0) is 12.1 Å². The number of hydrogen-bond donors (Lipinski definition) is 1. The predicted octanol–water partition coefficient (Wildman–Crippen LogP) is 2.52. The molecule has 0 saturated carbocycles. The third-order valence-electron chi connectivity index (χ3n) is 2.60. The van der Waals surface area contributed by atoms with Crippen LogP contribution in [0.1, 0.15) is 10.4 Å². The second-order valence-corrected chi connectivity index (χ2v) is 3.85. The maximum Gasteiger partial charge on any atom is 0.296 e. The van der Waals surface area contributed by atoms with Crippen molar-refractivity contribution in [3.05, 3.63) is 60.2 Å². The van der Waals surface area contributed by atoms with Gasteiger partial charge in [-0.25, -0.2) is 0 Å². The molecular formula is C15H13NO3. The molecule has 1 amide bonds. The van der Waals surface area contributed by atoms with Crippen molar-refractivity contribution in [3.63, 3.8) is 0 Å². The zero-order chi connectivity index (χ0) is 13.7. The topological polar surface area (TPSA) is 55.4 Å². The monoisotopic (exact) mass is 255 g/mol. The van der Waals surface area contributed by atoms with Gasteiger partial charge in [-0.3, -0.25) is 9.59 Å². The van der Waals surface area contributed by atoms with E-state index in [1.165, 1.54) is 7.11 Å². The highest BCUT2D eigenvalue weighted by molar-refractivity contribution is 6.46. The van der Waals surface area contributed by atoms with Crippen molar-refractivity contribution in [1.29, 1.82) is 0 Å². The van der Waals surface area contributed by atoms with Crippen LogP contribution >= 0.6 is 0 Å². The van der Waals surface area contributed by atoms with Gasteiger partial charge in [0.1, 0.15) is 5.75 Å². The van der Waals surface area contributed by atoms with Gasteiger partial charge in [0.2, 0.25) is 0 Å². The van der Waals surface area contributed by atoms with Crippen molar-refractivity contribution < 1.29 is 14.3 Å². The second-order valence-electron chi connectivity index (χ2n) is 3.85. The lowest BCUT2D eigenvalue weighted by molar-refractivity contribution is -0.112. The summed E-state index contributed by atoms with van der Waals surface area (Å²) in [6, 6.07) is 15.3. The number of hydrogen-bond acceptors (Lipinski definition) is 3. The van der Waals surface area contributed by atoms with E-state index in [4.69, 9.17) is 4.74 Å². The standard InChI is InChI=1S/C15H13NO3/c1-19-13-10-6-5-9-12(13)16-15(18)14(17)11-7-3-2-4-8-11/h2-10H,1H3,(H,16,18). The molecule has 0 aliphatic rings. The van der Waals surface area contributed by atoms with Crippen molar-refractivity contribution in [1.82, 2.24) is 0 Å². The number of anilines is 1. The minimum atomic E-state index is -0.685. The number of carbonyl (C=O) groups excluding carboxylic acids is 2. The lowest BCUT2D eigenvalue weighted by Gasteiger charge is -2.09. The fourth-order valence-electron chi connectivity index (χ4n) is 1.65. The van der Waals surface area contributed by atoms with Crippen molar-refractivity contribution in [3.8, 4) is 5.75 Å². The Morgan fingerprint density at radius 3 is 2.26 bits per heavy atom. The first kappa shape index (κ1) is 12.8. The van der Waals surface area contributed by atoms with Gasteiger partial charge in [0, 0.05) is 5.56 Å². The summed E-state index contributed by atoms with van der Waals surface area (Å²) in [4.78, 5) is 23.8. The number of rotatable bonds is 4. The summed E-state index contributed by atoms with van der Waals surface area (Å²) in [5.41, 5.74) is 0.828. The summed E-state index contributed by atoms with van der Waals surface area (Å²) >= 11 is 0. The Morgan fingerprint density at radius 2 is 1.58 bits per heavy atom. The molecule has 0 aromatic heterocycles. The molecule has 0 radical (unpaired) electrons. The molecule has 0 unspecified atom stereocenters. The first-order chi connectivity index (χ1) is 9.22. The highest BCUT2D eigenvalue weighted by Crippen LogP contribution is 2.23. The molecular weight excluding hydrogens is 242 g/mol. The van der Waals surface area contributed by atoms with Crippen molar-refractivity contribution in [2.45, 2.75) is 0 Å². The second kappa shape index (κ2) is 5.82. The summed E-state index contributed by atoms with van der Waals surface area (Å²) < 4.78 is 5.11. The molecule has 19 heavy (non-hydrogen) atoms. The zero-order valence-electron chi connectivity index (χ0n) is 10.4. The smallest absolute Gasteiger partial charge is 0.296 e. The Kier molecular flexibility index (Phi) is 3.93. The fourth-order valence-corrected chi connectivity index (χ4v) is 1.65. The lowest BCUT2D eigenvalue weighted by atomic mass is 10.1. The number of nitrogens with one attached hydrogen (secondary N) is 1. The molecule has 0 bridgehead atoms. The van der Waals surface area contributed by atoms with Crippen LogP contribution in [0.5, 0.6) is 5.75 Å². The third-order valence-corrected chi connectivity index (χ3v) is 2.60. The number of para-hydroxylation sites is 2. The molecule has 0 saturated heterocycles. The summed E-state index contributed by atoms with van der Waals surface area (Å²) in [6.07, 6.45) is 0. The van der Waals surface area contributed by atoms with Crippen molar-refractivity contribution in [2.24, 2.45) is 0 Å². The molecule has 0 atom stereocenters. The van der Waals surface area contributed by atoms with Crippen molar-refractivity contribution >= 4 is 17.4 Å². The van der Waals surface area contributed by atoms with Crippen LogP contribution in [0.4, 0.5) is 5.69 Å². The van der Waals surface area contributed by atoms with E-state index in [9.17, 15) is 9.59 Å². The lowest BCUT2D eigenvalue weighted by Crippen LogP contribution is -2.23. The molecule has 0 aliphatic carbocycles. The van der Waals surface area contributed by atoms with Gasteiger partial charge in [0.05, 0.1) is 12.8 Å². The normalized spacial score (nSPS) is 9.74. The minimum absolute atomic E-state index is 0.356. The van der Waals surface area contributed by atoms with Gasteiger partial charge in [-0.2, -0.15) is 0 Å². The average molecular weight is 255 g/mol. The molecule has 2 rings (SSSR count). The van der Waals surface area contributed by atoms with Gasteiger partial charge in [0.25, 0.3) is 11.7 Å². The molecule has 2 aromatic rings. The van der Waals surface area contributed by atoms with Crippen LogP contribution in [-0.2, 0) is 4.79 Å². The third kappa shape index (κ3) is 2.98. The summed E-state index contributed by atoms with van der Waals surface area (Å²) in [6.45, 7) is 0. The average Bonchev–Trinajstić information content (AvgIpc) is 2.48. The van der Waals surface area contributed by atoms with Gasteiger partial charge in [-0.1, -0.05) is 42.5 Å². The van der Waals surface area contributed by atoms with Gasteiger partial charge in [0.15, 0.2) is 0 Å². The molecule has 0 heterocycles. The summed E-state index contributed by atoms with van der Waals surface area (Å²) in [5.74, 6) is -0.751. The number of carbonyl (C=O) groups is 2. The Balaban J connectivity index is 2.16. The van der Waals surface area contributed by atoms with Crippen LogP contribution < -0.4 is 10.1 Å². The number of ether oxygens (including phenoxy) is 1. The first-order valence-electron chi connectivity index (χ1n) is 5.76. The summed E-state index contributed by atoms with van der Waals surface area (Å²) in [7, 11) is 1.50. The maximum atomic E-state index is 11.9. The SMILES string of the molecule is COc1ccccc1NC(=O)C(=O)c1ccccc1. The number of methoxy groups -OCH3 is 1. The van der Waals surface area contributed by atoms with Crippen molar-refractivity contribution in [2.75, 3.05) is 12.4 Å². The molecule has 2 aromatic carbocycles. The molecule has 0 aliphatic heterocycles. The van der Waals surface area contributed by atoms with E-state index in [1.54, 1.807) is 54.6 Å². The van der Waals surface area contributed by atoms with Gasteiger partial charge in [-0.15, -0.1) is 0 Å².